The molecule has 128 valence electrons. The van der Waals surface area contributed by atoms with E-state index in [1.54, 1.807) is 0 Å². The Kier molecular flexibility index (Phi) is 6.78. The van der Waals surface area contributed by atoms with Gasteiger partial charge in [-0.3, -0.25) is 4.99 Å². The number of hydrogen-bond donors (Lipinski definition) is 3. The Bertz CT molecular complexity index is 527. The van der Waals surface area contributed by atoms with Gasteiger partial charge in [-0.2, -0.15) is 11.8 Å². The second kappa shape index (κ2) is 8.60. The van der Waals surface area contributed by atoms with Crippen LogP contribution in [0.2, 0.25) is 0 Å². The highest BCUT2D eigenvalue weighted by atomic mass is 32.2. The van der Waals surface area contributed by atoms with Gasteiger partial charge in [0.15, 0.2) is 5.96 Å². The first kappa shape index (κ1) is 18.1. The van der Waals surface area contributed by atoms with E-state index >= 15 is 0 Å². The molecule has 2 unspecified atom stereocenters. The maximum Gasteiger partial charge on any atom is 0.191 e. The van der Waals surface area contributed by atoms with Crippen LogP contribution < -0.4 is 10.6 Å². The number of aliphatic imine (C=N–C) groups is 1. The molecule has 23 heavy (non-hydrogen) atoms. The SMILES string of the molecule is CCNC(=NCC1(C)CCCS1)NCC(O)c1cccc(C)c1. The second-order valence-electron chi connectivity index (χ2n) is 6.41. The van der Waals surface area contributed by atoms with Gasteiger partial charge in [-0.15, -0.1) is 0 Å². The first-order valence-electron chi connectivity index (χ1n) is 8.43. The molecule has 0 saturated carbocycles. The van der Waals surface area contributed by atoms with Crippen molar-refractivity contribution in [2.45, 2.75) is 44.5 Å². The Morgan fingerprint density at radius 1 is 1.43 bits per heavy atom. The Hall–Kier alpha value is -1.20. The summed E-state index contributed by atoms with van der Waals surface area (Å²) in [4.78, 5) is 4.71. The molecule has 1 aliphatic heterocycles. The van der Waals surface area contributed by atoms with Crippen LogP contribution in [0.1, 0.15) is 43.9 Å². The summed E-state index contributed by atoms with van der Waals surface area (Å²) in [5, 5.41) is 16.9. The van der Waals surface area contributed by atoms with Gasteiger partial charge in [0, 0.05) is 17.8 Å². The third-order valence-corrected chi connectivity index (χ3v) is 5.63. The number of nitrogens with one attached hydrogen (secondary N) is 2. The van der Waals surface area contributed by atoms with Crippen molar-refractivity contribution in [2.24, 2.45) is 4.99 Å². The van der Waals surface area contributed by atoms with Crippen molar-refractivity contribution in [3.05, 3.63) is 35.4 Å². The average molecular weight is 336 g/mol. The highest BCUT2D eigenvalue weighted by Crippen LogP contribution is 2.37. The smallest absolute Gasteiger partial charge is 0.191 e. The zero-order valence-corrected chi connectivity index (χ0v) is 15.2. The Morgan fingerprint density at radius 2 is 2.26 bits per heavy atom. The minimum Gasteiger partial charge on any atom is -0.387 e. The van der Waals surface area contributed by atoms with Crippen molar-refractivity contribution in [3.8, 4) is 0 Å². The highest BCUT2D eigenvalue weighted by Gasteiger charge is 2.29. The average Bonchev–Trinajstić information content (AvgIpc) is 2.97. The van der Waals surface area contributed by atoms with Gasteiger partial charge in [0.1, 0.15) is 0 Å². The van der Waals surface area contributed by atoms with Crippen LogP contribution in [0.15, 0.2) is 29.3 Å². The predicted octanol–water partition coefficient (Wildman–Crippen LogP) is 2.87. The topological polar surface area (TPSA) is 56.7 Å². The summed E-state index contributed by atoms with van der Waals surface area (Å²) in [6.45, 7) is 8.47. The number of rotatable bonds is 6. The van der Waals surface area contributed by atoms with Crippen molar-refractivity contribution < 1.29 is 5.11 Å². The normalized spacial score (nSPS) is 22.9. The van der Waals surface area contributed by atoms with Crippen LogP contribution in [-0.4, -0.2) is 41.2 Å². The summed E-state index contributed by atoms with van der Waals surface area (Å²) in [5.74, 6) is 2.02. The number of aryl methyl sites for hydroxylation is 1. The molecule has 2 atom stereocenters. The number of thioether (sulfide) groups is 1. The highest BCUT2D eigenvalue weighted by molar-refractivity contribution is 8.00. The molecular weight excluding hydrogens is 306 g/mol. The van der Waals surface area contributed by atoms with Crippen LogP contribution in [0, 0.1) is 6.92 Å². The lowest BCUT2D eigenvalue weighted by atomic mass is 10.1. The lowest BCUT2D eigenvalue weighted by molar-refractivity contribution is 0.181. The van der Waals surface area contributed by atoms with E-state index in [-0.39, 0.29) is 4.75 Å². The zero-order valence-electron chi connectivity index (χ0n) is 14.4. The van der Waals surface area contributed by atoms with E-state index in [1.807, 2.05) is 43.0 Å². The van der Waals surface area contributed by atoms with Gasteiger partial charge in [-0.1, -0.05) is 29.8 Å². The van der Waals surface area contributed by atoms with Crippen LogP contribution in [-0.2, 0) is 0 Å². The van der Waals surface area contributed by atoms with E-state index in [0.717, 1.165) is 30.2 Å². The molecule has 0 aromatic heterocycles. The van der Waals surface area contributed by atoms with Crippen LogP contribution in [0.5, 0.6) is 0 Å². The summed E-state index contributed by atoms with van der Waals surface area (Å²) in [6, 6.07) is 7.99. The Balaban J connectivity index is 1.91. The van der Waals surface area contributed by atoms with Crippen LogP contribution in [0.25, 0.3) is 0 Å². The monoisotopic (exact) mass is 335 g/mol. The molecule has 0 amide bonds. The van der Waals surface area contributed by atoms with Crippen LogP contribution in [0.4, 0.5) is 0 Å². The van der Waals surface area contributed by atoms with Crippen molar-refractivity contribution in [2.75, 3.05) is 25.4 Å². The van der Waals surface area contributed by atoms with Gasteiger partial charge < -0.3 is 15.7 Å². The second-order valence-corrected chi connectivity index (χ2v) is 8.09. The first-order chi connectivity index (χ1) is 11.0. The van der Waals surface area contributed by atoms with E-state index in [0.29, 0.717) is 6.54 Å². The fourth-order valence-electron chi connectivity index (χ4n) is 2.74. The molecule has 2 rings (SSSR count). The molecule has 1 aromatic carbocycles. The maximum atomic E-state index is 10.3. The van der Waals surface area contributed by atoms with Gasteiger partial charge in [0.2, 0.25) is 0 Å². The summed E-state index contributed by atoms with van der Waals surface area (Å²) >= 11 is 2.02. The lowest BCUT2D eigenvalue weighted by Gasteiger charge is -2.21. The van der Waals surface area contributed by atoms with Crippen molar-refractivity contribution in [1.29, 1.82) is 0 Å². The number of benzene rings is 1. The Labute approximate surface area is 144 Å². The Morgan fingerprint density at radius 3 is 2.91 bits per heavy atom. The van der Waals surface area contributed by atoms with E-state index < -0.39 is 6.10 Å². The summed E-state index contributed by atoms with van der Waals surface area (Å²) in [6.07, 6.45) is 1.98. The van der Waals surface area contributed by atoms with Gasteiger partial charge in [0.25, 0.3) is 0 Å². The predicted molar refractivity (Wildman–Crippen MR) is 100 cm³/mol. The third-order valence-electron chi connectivity index (χ3n) is 4.11. The molecule has 0 radical (unpaired) electrons. The fraction of sp³-hybridized carbons (Fsp3) is 0.611. The molecule has 1 aromatic rings. The lowest BCUT2D eigenvalue weighted by Crippen LogP contribution is -2.40. The largest absolute Gasteiger partial charge is 0.387 e. The summed E-state index contributed by atoms with van der Waals surface area (Å²) < 4.78 is 0.261. The molecule has 1 heterocycles. The molecule has 3 N–H and O–H groups in total. The minimum atomic E-state index is -0.532. The fourth-order valence-corrected chi connectivity index (χ4v) is 3.96. The molecule has 1 saturated heterocycles. The molecule has 0 bridgehead atoms. The maximum absolute atomic E-state index is 10.3. The molecule has 0 spiro atoms. The number of hydrogen-bond acceptors (Lipinski definition) is 3. The van der Waals surface area contributed by atoms with E-state index in [1.165, 1.54) is 18.6 Å². The molecular formula is C18H29N3OS. The number of aliphatic hydroxyl groups excluding tert-OH is 1. The van der Waals surface area contributed by atoms with Gasteiger partial charge >= 0.3 is 0 Å². The molecule has 1 aliphatic rings. The van der Waals surface area contributed by atoms with Crippen molar-refractivity contribution in [3.63, 3.8) is 0 Å². The van der Waals surface area contributed by atoms with Crippen LogP contribution >= 0.6 is 11.8 Å². The minimum absolute atomic E-state index is 0.261. The van der Waals surface area contributed by atoms with E-state index in [2.05, 4.69) is 24.5 Å². The third kappa shape index (κ3) is 5.74. The van der Waals surface area contributed by atoms with E-state index in [9.17, 15) is 5.11 Å². The van der Waals surface area contributed by atoms with Gasteiger partial charge in [-0.25, -0.2) is 0 Å². The molecule has 1 fully saturated rings. The summed E-state index contributed by atoms with van der Waals surface area (Å²) in [7, 11) is 0. The van der Waals surface area contributed by atoms with E-state index in [4.69, 9.17) is 4.99 Å². The molecule has 0 aliphatic carbocycles. The summed E-state index contributed by atoms with van der Waals surface area (Å²) in [5.41, 5.74) is 2.10. The van der Waals surface area contributed by atoms with Crippen LogP contribution in [0.3, 0.4) is 0 Å². The first-order valence-corrected chi connectivity index (χ1v) is 9.42. The molecule has 4 nitrogen and oxygen atoms in total. The number of aliphatic hydroxyl groups is 1. The van der Waals surface area contributed by atoms with Crippen molar-refractivity contribution in [1.82, 2.24) is 10.6 Å². The van der Waals surface area contributed by atoms with Gasteiger partial charge in [0.05, 0.1) is 12.6 Å². The van der Waals surface area contributed by atoms with Gasteiger partial charge in [-0.05, 0) is 44.9 Å². The zero-order chi connectivity index (χ0) is 16.7. The van der Waals surface area contributed by atoms with Crippen molar-refractivity contribution >= 4 is 17.7 Å². The molecule has 5 heteroatoms. The standard InChI is InChI=1S/C18H29N3OS/c1-4-19-17(21-13-18(3)9-6-10-23-18)20-12-16(22)15-8-5-7-14(2)11-15/h5,7-8,11,16,22H,4,6,9-10,12-13H2,1-3H3,(H2,19,20,21). The number of nitrogens with zero attached hydrogens (tertiary/aromatic N) is 1. The number of guanidine groups is 1. The quantitative estimate of drug-likeness (QED) is 0.553.